The fourth-order valence-corrected chi connectivity index (χ4v) is 3.69. The maximum atomic E-state index is 14.0. The summed E-state index contributed by atoms with van der Waals surface area (Å²) in [4.78, 5) is 20.8. The number of halogens is 1. The summed E-state index contributed by atoms with van der Waals surface area (Å²) in [6.45, 7) is 1.60. The highest BCUT2D eigenvalue weighted by Crippen LogP contribution is 2.26. The van der Waals surface area contributed by atoms with E-state index in [9.17, 15) is 9.18 Å². The standard InChI is InChI=1S/C18H20FN5O/c19-15-8-4-3-7-14(15)16-11-20-22-18(21-16)23-9-10-24(17(25)12-23)13-5-1-2-6-13/h3-4,7-8,11,13H,1-2,5-6,9-10,12H2. The summed E-state index contributed by atoms with van der Waals surface area (Å²) >= 11 is 0. The Morgan fingerprint density at radius 1 is 1.12 bits per heavy atom. The van der Waals surface area contributed by atoms with Gasteiger partial charge in [-0.1, -0.05) is 25.0 Å². The first kappa shape index (κ1) is 15.9. The number of benzene rings is 1. The molecule has 130 valence electrons. The molecule has 4 rings (SSSR count). The summed E-state index contributed by atoms with van der Waals surface area (Å²) in [7, 11) is 0. The summed E-state index contributed by atoms with van der Waals surface area (Å²) in [6, 6.07) is 6.82. The van der Waals surface area contributed by atoms with Crippen molar-refractivity contribution in [3.63, 3.8) is 0 Å². The van der Waals surface area contributed by atoms with Crippen LogP contribution in [0.4, 0.5) is 10.3 Å². The lowest BCUT2D eigenvalue weighted by atomic mass is 10.1. The van der Waals surface area contributed by atoms with E-state index in [1.165, 1.54) is 25.1 Å². The van der Waals surface area contributed by atoms with Crippen LogP contribution in [0.15, 0.2) is 30.5 Å². The summed E-state index contributed by atoms with van der Waals surface area (Å²) in [5.74, 6) is 0.134. The van der Waals surface area contributed by atoms with E-state index < -0.39 is 0 Å². The van der Waals surface area contributed by atoms with Crippen molar-refractivity contribution in [1.29, 1.82) is 0 Å². The van der Waals surface area contributed by atoms with Crippen molar-refractivity contribution in [3.05, 3.63) is 36.3 Å². The molecule has 2 aromatic rings. The second-order valence-corrected chi connectivity index (χ2v) is 6.57. The van der Waals surface area contributed by atoms with Gasteiger partial charge in [0, 0.05) is 24.7 Å². The maximum absolute atomic E-state index is 14.0. The van der Waals surface area contributed by atoms with Gasteiger partial charge in [0.25, 0.3) is 0 Å². The number of amides is 1. The van der Waals surface area contributed by atoms with Gasteiger partial charge < -0.3 is 9.80 Å². The minimum Gasteiger partial charge on any atom is -0.336 e. The normalized spacial score (nSPS) is 18.8. The molecule has 1 aromatic carbocycles. The summed E-state index contributed by atoms with van der Waals surface area (Å²) in [6.07, 6.45) is 6.06. The number of carbonyl (C=O) groups is 1. The van der Waals surface area contributed by atoms with E-state index >= 15 is 0 Å². The Morgan fingerprint density at radius 2 is 1.92 bits per heavy atom. The lowest BCUT2D eigenvalue weighted by molar-refractivity contribution is -0.133. The van der Waals surface area contributed by atoms with E-state index in [1.807, 2.05) is 9.80 Å². The molecule has 6 nitrogen and oxygen atoms in total. The maximum Gasteiger partial charge on any atom is 0.246 e. The predicted octanol–water partition coefficient (Wildman–Crippen LogP) is 2.27. The third kappa shape index (κ3) is 3.18. The number of aromatic nitrogens is 3. The highest BCUT2D eigenvalue weighted by molar-refractivity contribution is 5.82. The molecule has 1 aliphatic carbocycles. The molecule has 1 aliphatic heterocycles. The van der Waals surface area contributed by atoms with Gasteiger partial charge in [0.15, 0.2) is 0 Å². The van der Waals surface area contributed by atoms with E-state index in [0.717, 1.165) is 12.8 Å². The molecular weight excluding hydrogens is 321 g/mol. The van der Waals surface area contributed by atoms with Crippen molar-refractivity contribution < 1.29 is 9.18 Å². The zero-order valence-electron chi connectivity index (χ0n) is 13.9. The lowest BCUT2D eigenvalue weighted by Gasteiger charge is -2.37. The minimum atomic E-state index is -0.351. The molecule has 0 spiro atoms. The average Bonchev–Trinajstić information content (AvgIpc) is 3.16. The van der Waals surface area contributed by atoms with Crippen LogP contribution >= 0.6 is 0 Å². The zero-order valence-corrected chi connectivity index (χ0v) is 13.9. The van der Waals surface area contributed by atoms with Crippen molar-refractivity contribution in [2.24, 2.45) is 0 Å². The van der Waals surface area contributed by atoms with E-state index in [-0.39, 0.29) is 18.3 Å². The van der Waals surface area contributed by atoms with Crippen LogP contribution in [-0.2, 0) is 4.79 Å². The number of hydrogen-bond acceptors (Lipinski definition) is 5. The van der Waals surface area contributed by atoms with Crippen LogP contribution in [0, 0.1) is 5.82 Å². The molecule has 0 atom stereocenters. The predicted molar refractivity (Wildman–Crippen MR) is 91.4 cm³/mol. The van der Waals surface area contributed by atoms with Crippen LogP contribution in [0.25, 0.3) is 11.3 Å². The van der Waals surface area contributed by atoms with Crippen LogP contribution in [0.1, 0.15) is 25.7 Å². The highest BCUT2D eigenvalue weighted by Gasteiger charge is 2.32. The first-order valence-corrected chi connectivity index (χ1v) is 8.71. The fraction of sp³-hybridized carbons (Fsp3) is 0.444. The van der Waals surface area contributed by atoms with Crippen LogP contribution in [0.5, 0.6) is 0 Å². The fourth-order valence-electron chi connectivity index (χ4n) is 3.69. The van der Waals surface area contributed by atoms with Gasteiger partial charge in [0.05, 0.1) is 11.9 Å². The Balaban J connectivity index is 1.52. The van der Waals surface area contributed by atoms with Crippen molar-refractivity contribution in [3.8, 4) is 11.3 Å². The molecule has 0 radical (unpaired) electrons. The van der Waals surface area contributed by atoms with Gasteiger partial charge in [-0.3, -0.25) is 4.79 Å². The number of nitrogens with zero attached hydrogens (tertiary/aromatic N) is 5. The molecule has 1 saturated carbocycles. The third-order valence-corrected chi connectivity index (χ3v) is 5.00. The molecule has 1 amide bonds. The molecule has 2 heterocycles. The SMILES string of the molecule is O=C1CN(c2nncc(-c3ccccc3F)n2)CCN1C1CCCC1. The smallest absolute Gasteiger partial charge is 0.246 e. The largest absolute Gasteiger partial charge is 0.336 e. The molecule has 0 bridgehead atoms. The molecule has 0 N–H and O–H groups in total. The Labute approximate surface area is 145 Å². The first-order valence-electron chi connectivity index (χ1n) is 8.71. The van der Waals surface area contributed by atoms with Crippen LogP contribution < -0.4 is 4.90 Å². The molecule has 0 unspecified atom stereocenters. The monoisotopic (exact) mass is 341 g/mol. The van der Waals surface area contributed by atoms with Gasteiger partial charge >= 0.3 is 0 Å². The molecule has 2 aliphatic rings. The van der Waals surface area contributed by atoms with Crippen molar-refractivity contribution in [1.82, 2.24) is 20.1 Å². The molecule has 2 fully saturated rings. The van der Waals surface area contributed by atoms with Gasteiger partial charge in [-0.2, -0.15) is 5.10 Å². The highest BCUT2D eigenvalue weighted by atomic mass is 19.1. The number of piperazine rings is 1. The van der Waals surface area contributed by atoms with Gasteiger partial charge in [0.1, 0.15) is 12.4 Å². The van der Waals surface area contributed by atoms with E-state index in [2.05, 4.69) is 15.2 Å². The van der Waals surface area contributed by atoms with E-state index in [1.54, 1.807) is 18.2 Å². The first-order chi connectivity index (χ1) is 12.2. The number of rotatable bonds is 3. The quantitative estimate of drug-likeness (QED) is 0.857. The topological polar surface area (TPSA) is 62.2 Å². The average molecular weight is 341 g/mol. The van der Waals surface area contributed by atoms with Crippen LogP contribution in [0.3, 0.4) is 0 Å². The third-order valence-electron chi connectivity index (χ3n) is 5.00. The van der Waals surface area contributed by atoms with Gasteiger partial charge in [-0.15, -0.1) is 5.10 Å². The van der Waals surface area contributed by atoms with Crippen molar-refractivity contribution in [2.75, 3.05) is 24.5 Å². The van der Waals surface area contributed by atoms with Crippen molar-refractivity contribution in [2.45, 2.75) is 31.7 Å². The van der Waals surface area contributed by atoms with Crippen LogP contribution in [0.2, 0.25) is 0 Å². The molecule has 25 heavy (non-hydrogen) atoms. The zero-order chi connectivity index (χ0) is 17.2. The lowest BCUT2D eigenvalue weighted by Crippen LogP contribution is -2.54. The van der Waals surface area contributed by atoms with E-state index in [4.69, 9.17) is 0 Å². The van der Waals surface area contributed by atoms with Crippen LogP contribution in [-0.4, -0.2) is 51.7 Å². The second kappa shape index (κ2) is 6.74. The number of anilines is 1. The van der Waals surface area contributed by atoms with Crippen molar-refractivity contribution >= 4 is 11.9 Å². The minimum absolute atomic E-state index is 0.109. The van der Waals surface area contributed by atoms with Gasteiger partial charge in [0.2, 0.25) is 11.9 Å². The Kier molecular flexibility index (Phi) is 4.29. The Hall–Kier alpha value is -2.57. The summed E-state index contributed by atoms with van der Waals surface area (Å²) in [5, 5.41) is 8.00. The number of hydrogen-bond donors (Lipinski definition) is 0. The van der Waals surface area contributed by atoms with Gasteiger partial charge in [-0.25, -0.2) is 9.37 Å². The summed E-state index contributed by atoms with van der Waals surface area (Å²) < 4.78 is 14.0. The molecule has 1 saturated heterocycles. The Bertz CT molecular complexity index is 778. The molecule has 1 aromatic heterocycles. The number of carbonyl (C=O) groups excluding carboxylic acids is 1. The second-order valence-electron chi connectivity index (χ2n) is 6.57. The summed E-state index contributed by atoms with van der Waals surface area (Å²) in [5.41, 5.74) is 0.809. The molecular formula is C18H20FN5O. The van der Waals surface area contributed by atoms with Gasteiger partial charge in [-0.05, 0) is 25.0 Å². The van der Waals surface area contributed by atoms with E-state index in [0.29, 0.717) is 36.3 Å². The Morgan fingerprint density at radius 3 is 2.68 bits per heavy atom. The molecule has 7 heteroatoms.